The molecule has 1 aromatic rings. The standard InChI is InChI=1S/C12H20N4O/c1-8-14-12(15-17-8)7-16-5-9-3-2-4-11(13)10(9)6-16/h9-11H,2-7,13H2,1H3. The van der Waals surface area contributed by atoms with Crippen LogP contribution in [0.1, 0.15) is 31.0 Å². The number of aromatic nitrogens is 2. The summed E-state index contributed by atoms with van der Waals surface area (Å²) < 4.78 is 5.00. The van der Waals surface area contributed by atoms with Gasteiger partial charge in [0, 0.05) is 26.1 Å². The van der Waals surface area contributed by atoms with E-state index in [-0.39, 0.29) is 0 Å². The molecule has 2 aliphatic rings. The third-order valence-corrected chi connectivity index (χ3v) is 4.16. The maximum absolute atomic E-state index is 6.20. The van der Waals surface area contributed by atoms with Gasteiger partial charge in [-0.15, -0.1) is 0 Å². The first-order valence-electron chi connectivity index (χ1n) is 6.49. The SMILES string of the molecule is Cc1nc(CN2CC3CCCC(N)C3C2)no1. The molecule has 94 valence electrons. The number of hydrogen-bond donors (Lipinski definition) is 1. The Morgan fingerprint density at radius 1 is 1.41 bits per heavy atom. The quantitative estimate of drug-likeness (QED) is 0.827. The number of fused-ring (bicyclic) bond motifs is 1. The lowest BCUT2D eigenvalue weighted by molar-refractivity contribution is 0.259. The van der Waals surface area contributed by atoms with Crippen molar-refractivity contribution in [1.82, 2.24) is 15.0 Å². The minimum atomic E-state index is 0.394. The van der Waals surface area contributed by atoms with Crippen LogP contribution in [-0.2, 0) is 6.54 Å². The van der Waals surface area contributed by atoms with Crippen molar-refractivity contribution in [2.75, 3.05) is 13.1 Å². The van der Waals surface area contributed by atoms with E-state index >= 15 is 0 Å². The van der Waals surface area contributed by atoms with Crippen molar-refractivity contribution in [3.8, 4) is 0 Å². The van der Waals surface area contributed by atoms with Crippen LogP contribution in [0.2, 0.25) is 0 Å². The fourth-order valence-corrected chi connectivity index (χ4v) is 3.34. The Morgan fingerprint density at radius 2 is 2.29 bits per heavy atom. The molecule has 1 aliphatic heterocycles. The second-order valence-electron chi connectivity index (χ2n) is 5.44. The van der Waals surface area contributed by atoms with E-state index in [1.165, 1.54) is 19.3 Å². The van der Waals surface area contributed by atoms with Crippen LogP contribution in [0.15, 0.2) is 4.52 Å². The van der Waals surface area contributed by atoms with Crippen LogP contribution in [0.5, 0.6) is 0 Å². The summed E-state index contributed by atoms with van der Waals surface area (Å²) >= 11 is 0. The van der Waals surface area contributed by atoms with Crippen molar-refractivity contribution < 1.29 is 4.52 Å². The van der Waals surface area contributed by atoms with Gasteiger partial charge in [0.25, 0.3) is 0 Å². The molecule has 1 saturated heterocycles. The van der Waals surface area contributed by atoms with E-state index in [1.807, 2.05) is 6.92 Å². The predicted octanol–water partition coefficient (Wildman–Crippen LogP) is 0.937. The van der Waals surface area contributed by atoms with Crippen LogP contribution in [0.25, 0.3) is 0 Å². The first kappa shape index (κ1) is 11.2. The van der Waals surface area contributed by atoms with Gasteiger partial charge >= 0.3 is 0 Å². The van der Waals surface area contributed by atoms with Crippen molar-refractivity contribution in [3.63, 3.8) is 0 Å². The summed E-state index contributed by atoms with van der Waals surface area (Å²) in [5.74, 6) is 2.91. The van der Waals surface area contributed by atoms with Gasteiger partial charge in [-0.3, -0.25) is 4.90 Å². The van der Waals surface area contributed by atoms with Gasteiger partial charge < -0.3 is 10.3 Å². The van der Waals surface area contributed by atoms with E-state index in [0.29, 0.717) is 17.9 Å². The van der Waals surface area contributed by atoms with E-state index in [2.05, 4.69) is 15.0 Å². The van der Waals surface area contributed by atoms with Crippen LogP contribution < -0.4 is 5.73 Å². The molecule has 0 aromatic carbocycles. The first-order valence-corrected chi connectivity index (χ1v) is 6.49. The van der Waals surface area contributed by atoms with Crippen LogP contribution in [0.3, 0.4) is 0 Å². The fourth-order valence-electron chi connectivity index (χ4n) is 3.34. The smallest absolute Gasteiger partial charge is 0.223 e. The average Bonchev–Trinajstić information content (AvgIpc) is 2.86. The molecule has 0 amide bonds. The van der Waals surface area contributed by atoms with Crippen LogP contribution in [-0.4, -0.2) is 34.2 Å². The van der Waals surface area contributed by atoms with Crippen molar-refractivity contribution in [2.45, 2.75) is 38.8 Å². The zero-order valence-electron chi connectivity index (χ0n) is 10.3. The van der Waals surface area contributed by atoms with Crippen LogP contribution in [0, 0.1) is 18.8 Å². The van der Waals surface area contributed by atoms with Crippen molar-refractivity contribution >= 4 is 0 Å². The third-order valence-electron chi connectivity index (χ3n) is 4.16. The van der Waals surface area contributed by atoms with Gasteiger partial charge in [-0.2, -0.15) is 4.98 Å². The fraction of sp³-hybridized carbons (Fsp3) is 0.833. The van der Waals surface area contributed by atoms with Gasteiger partial charge in [-0.1, -0.05) is 11.6 Å². The molecule has 1 aromatic heterocycles. The molecular formula is C12H20N4O. The lowest BCUT2D eigenvalue weighted by Gasteiger charge is -2.29. The zero-order valence-corrected chi connectivity index (χ0v) is 10.3. The van der Waals surface area contributed by atoms with E-state index < -0.39 is 0 Å². The first-order chi connectivity index (χ1) is 8.22. The average molecular weight is 236 g/mol. The third kappa shape index (κ3) is 2.21. The Hall–Kier alpha value is -0.940. The number of likely N-dealkylation sites (tertiary alicyclic amines) is 1. The molecule has 0 bridgehead atoms. The minimum absolute atomic E-state index is 0.394. The largest absolute Gasteiger partial charge is 0.340 e. The summed E-state index contributed by atoms with van der Waals surface area (Å²) in [4.78, 5) is 6.68. The molecule has 0 spiro atoms. The topological polar surface area (TPSA) is 68.2 Å². The zero-order chi connectivity index (χ0) is 11.8. The normalized spacial score (nSPS) is 33.9. The van der Waals surface area contributed by atoms with E-state index in [1.54, 1.807) is 0 Å². The Morgan fingerprint density at radius 3 is 3.00 bits per heavy atom. The van der Waals surface area contributed by atoms with Crippen molar-refractivity contribution in [2.24, 2.45) is 17.6 Å². The predicted molar refractivity (Wildman–Crippen MR) is 63.1 cm³/mol. The second-order valence-corrected chi connectivity index (χ2v) is 5.44. The van der Waals surface area contributed by atoms with Crippen LogP contribution in [0.4, 0.5) is 0 Å². The summed E-state index contributed by atoms with van der Waals surface area (Å²) in [5.41, 5.74) is 6.20. The number of nitrogens with two attached hydrogens (primary N) is 1. The lowest BCUT2D eigenvalue weighted by atomic mass is 9.78. The molecule has 2 N–H and O–H groups in total. The summed E-state index contributed by atoms with van der Waals surface area (Å²) in [6, 6.07) is 0.394. The van der Waals surface area contributed by atoms with Crippen molar-refractivity contribution in [1.29, 1.82) is 0 Å². The van der Waals surface area contributed by atoms with Gasteiger partial charge in [0.2, 0.25) is 5.89 Å². The summed E-state index contributed by atoms with van der Waals surface area (Å²) in [6.07, 6.45) is 3.81. The highest BCUT2D eigenvalue weighted by Crippen LogP contribution is 2.35. The minimum Gasteiger partial charge on any atom is -0.340 e. The number of nitrogens with zero attached hydrogens (tertiary/aromatic N) is 3. The van der Waals surface area contributed by atoms with Crippen LogP contribution >= 0.6 is 0 Å². The van der Waals surface area contributed by atoms with Gasteiger partial charge in [0.1, 0.15) is 0 Å². The molecule has 0 radical (unpaired) electrons. The number of rotatable bonds is 2. The van der Waals surface area contributed by atoms with E-state index in [4.69, 9.17) is 10.3 Å². The summed E-state index contributed by atoms with van der Waals surface area (Å²) in [7, 11) is 0. The van der Waals surface area contributed by atoms with Gasteiger partial charge in [0.05, 0.1) is 6.54 Å². The summed E-state index contributed by atoms with van der Waals surface area (Å²) in [5, 5.41) is 3.96. The van der Waals surface area contributed by atoms with Gasteiger partial charge in [-0.25, -0.2) is 0 Å². The molecule has 17 heavy (non-hydrogen) atoms. The highest BCUT2D eigenvalue weighted by Gasteiger charge is 2.38. The molecule has 5 nitrogen and oxygen atoms in total. The number of aryl methyl sites for hydroxylation is 1. The molecule has 2 heterocycles. The molecule has 1 aliphatic carbocycles. The Bertz CT molecular complexity index is 392. The molecule has 5 heteroatoms. The van der Waals surface area contributed by atoms with Gasteiger partial charge in [0.15, 0.2) is 5.82 Å². The maximum Gasteiger partial charge on any atom is 0.223 e. The Kier molecular flexibility index (Phi) is 2.88. The van der Waals surface area contributed by atoms with E-state index in [9.17, 15) is 0 Å². The highest BCUT2D eigenvalue weighted by molar-refractivity contribution is 4.95. The molecule has 3 atom stereocenters. The number of hydrogen-bond acceptors (Lipinski definition) is 5. The Balaban J connectivity index is 1.63. The monoisotopic (exact) mass is 236 g/mol. The molecule has 3 rings (SSSR count). The molecular weight excluding hydrogens is 216 g/mol. The molecule has 2 fully saturated rings. The maximum atomic E-state index is 6.20. The summed E-state index contributed by atoms with van der Waals surface area (Å²) in [6.45, 7) is 4.87. The molecule has 3 unspecified atom stereocenters. The van der Waals surface area contributed by atoms with Crippen molar-refractivity contribution in [3.05, 3.63) is 11.7 Å². The van der Waals surface area contributed by atoms with E-state index in [0.717, 1.165) is 31.4 Å². The highest BCUT2D eigenvalue weighted by atomic mass is 16.5. The lowest BCUT2D eigenvalue weighted by Crippen LogP contribution is -2.38. The Labute approximate surface area is 101 Å². The molecule has 1 saturated carbocycles. The second kappa shape index (κ2) is 4.38. The van der Waals surface area contributed by atoms with Gasteiger partial charge in [-0.05, 0) is 24.7 Å².